The molecule has 1 N–H and O–H groups in total. The van der Waals surface area contributed by atoms with Gasteiger partial charge in [-0.15, -0.1) is 0 Å². The molecule has 30 heavy (non-hydrogen) atoms. The van der Waals surface area contributed by atoms with Gasteiger partial charge in [-0.05, 0) is 69.9 Å². The molecule has 0 aliphatic rings. The monoisotopic (exact) mass is 410 g/mol. The van der Waals surface area contributed by atoms with Gasteiger partial charge in [-0.2, -0.15) is 0 Å². The Kier molecular flexibility index (Phi) is 8.46. The van der Waals surface area contributed by atoms with E-state index >= 15 is 0 Å². The maximum atomic E-state index is 13.1. The number of rotatable bonds is 9. The van der Waals surface area contributed by atoms with Crippen molar-refractivity contribution < 1.29 is 14.3 Å². The lowest BCUT2D eigenvalue weighted by atomic mass is 10.1. The molecule has 2 aromatic rings. The quantitative estimate of drug-likeness (QED) is 0.670. The van der Waals surface area contributed by atoms with Gasteiger partial charge in [-0.3, -0.25) is 9.59 Å². The average molecular weight is 411 g/mol. The summed E-state index contributed by atoms with van der Waals surface area (Å²) in [4.78, 5) is 27.4. The first-order valence-electron chi connectivity index (χ1n) is 10.6. The first-order chi connectivity index (χ1) is 14.2. The third-order valence-corrected chi connectivity index (χ3v) is 5.48. The van der Waals surface area contributed by atoms with Gasteiger partial charge in [-0.1, -0.05) is 42.8 Å². The van der Waals surface area contributed by atoms with Crippen molar-refractivity contribution in [2.45, 2.75) is 66.6 Å². The van der Waals surface area contributed by atoms with Crippen molar-refractivity contribution in [3.05, 3.63) is 64.7 Å². The lowest BCUT2D eigenvalue weighted by Gasteiger charge is -2.29. The molecule has 0 radical (unpaired) electrons. The molecule has 0 saturated carbocycles. The molecule has 0 saturated heterocycles. The minimum absolute atomic E-state index is 0.0584. The molecule has 0 spiro atoms. The van der Waals surface area contributed by atoms with E-state index in [4.69, 9.17) is 4.74 Å². The minimum Gasteiger partial charge on any atom is -0.484 e. The Morgan fingerprint density at radius 1 is 1.00 bits per heavy atom. The van der Waals surface area contributed by atoms with Crippen LogP contribution in [0.3, 0.4) is 0 Å². The number of carbonyl (C=O) groups is 2. The Balaban J connectivity index is 2.15. The van der Waals surface area contributed by atoms with Gasteiger partial charge in [0.2, 0.25) is 5.91 Å². The van der Waals surface area contributed by atoms with Crippen molar-refractivity contribution in [2.75, 3.05) is 6.61 Å². The predicted molar refractivity (Wildman–Crippen MR) is 120 cm³/mol. The molecule has 0 aliphatic heterocycles. The van der Waals surface area contributed by atoms with E-state index in [1.165, 1.54) is 5.56 Å². The largest absolute Gasteiger partial charge is 0.484 e. The molecule has 0 fully saturated rings. The van der Waals surface area contributed by atoms with Crippen molar-refractivity contribution in [2.24, 2.45) is 0 Å². The summed E-state index contributed by atoms with van der Waals surface area (Å²) in [5.41, 5.74) is 4.41. The summed E-state index contributed by atoms with van der Waals surface area (Å²) in [7, 11) is 0. The topological polar surface area (TPSA) is 58.6 Å². The van der Waals surface area contributed by atoms with Gasteiger partial charge in [0.15, 0.2) is 6.61 Å². The fraction of sp³-hybridized carbons (Fsp3) is 0.440. The van der Waals surface area contributed by atoms with Crippen LogP contribution in [0.2, 0.25) is 0 Å². The second-order valence-electron chi connectivity index (χ2n) is 8.04. The number of benzene rings is 2. The van der Waals surface area contributed by atoms with E-state index in [0.717, 1.165) is 23.1 Å². The summed E-state index contributed by atoms with van der Waals surface area (Å²) in [5.74, 6) is 0.273. The van der Waals surface area contributed by atoms with Gasteiger partial charge in [0.1, 0.15) is 11.8 Å². The maximum absolute atomic E-state index is 13.1. The van der Waals surface area contributed by atoms with E-state index in [9.17, 15) is 9.59 Å². The van der Waals surface area contributed by atoms with Crippen LogP contribution in [0.25, 0.3) is 0 Å². The van der Waals surface area contributed by atoms with Crippen LogP contribution in [0.1, 0.15) is 49.4 Å². The Hall–Kier alpha value is -2.82. The highest BCUT2D eigenvalue weighted by molar-refractivity contribution is 5.88. The molecule has 2 rings (SSSR count). The summed E-state index contributed by atoms with van der Waals surface area (Å²) in [5, 5.41) is 2.97. The van der Waals surface area contributed by atoms with Crippen LogP contribution in [-0.4, -0.2) is 35.4 Å². The standard InChI is InChI=1S/C25H34N2O3/c1-7-20(5)26-25(29)21(6)27(15-22-11-8-17(2)9-12-22)24(28)16-30-23-13-10-18(3)19(4)14-23/h8-14,20-21H,7,15-16H2,1-6H3,(H,26,29)/t20-,21-/m0/s1. The predicted octanol–water partition coefficient (Wildman–Crippen LogP) is 4.32. The van der Waals surface area contributed by atoms with Gasteiger partial charge in [0.25, 0.3) is 5.91 Å². The number of hydrogen-bond acceptors (Lipinski definition) is 3. The number of aryl methyl sites for hydroxylation is 3. The highest BCUT2D eigenvalue weighted by Gasteiger charge is 2.27. The van der Waals surface area contributed by atoms with E-state index in [1.54, 1.807) is 11.8 Å². The normalized spacial score (nSPS) is 12.7. The van der Waals surface area contributed by atoms with E-state index in [1.807, 2.05) is 77.1 Å². The van der Waals surface area contributed by atoms with Crippen molar-refractivity contribution >= 4 is 11.8 Å². The summed E-state index contributed by atoms with van der Waals surface area (Å²) in [6, 6.07) is 13.2. The number of nitrogens with one attached hydrogen (secondary N) is 1. The number of nitrogens with zero attached hydrogens (tertiary/aromatic N) is 1. The summed E-state index contributed by atoms with van der Waals surface area (Å²) in [6.45, 7) is 12.0. The number of ether oxygens (including phenoxy) is 1. The van der Waals surface area contributed by atoms with Gasteiger partial charge >= 0.3 is 0 Å². The maximum Gasteiger partial charge on any atom is 0.261 e. The fourth-order valence-electron chi connectivity index (χ4n) is 2.97. The Morgan fingerprint density at radius 3 is 2.27 bits per heavy atom. The van der Waals surface area contributed by atoms with Crippen molar-refractivity contribution in [1.82, 2.24) is 10.2 Å². The zero-order valence-corrected chi connectivity index (χ0v) is 19.0. The molecule has 2 aromatic carbocycles. The Labute approximate surface area is 180 Å². The molecule has 5 nitrogen and oxygen atoms in total. The highest BCUT2D eigenvalue weighted by atomic mass is 16.5. The third kappa shape index (κ3) is 6.61. The van der Waals surface area contributed by atoms with Crippen LogP contribution < -0.4 is 10.1 Å². The smallest absolute Gasteiger partial charge is 0.261 e. The molecular formula is C25H34N2O3. The Morgan fingerprint density at radius 2 is 1.67 bits per heavy atom. The molecule has 0 aliphatic carbocycles. The lowest BCUT2D eigenvalue weighted by Crippen LogP contribution is -2.50. The van der Waals surface area contributed by atoms with E-state index < -0.39 is 6.04 Å². The first-order valence-corrected chi connectivity index (χ1v) is 10.6. The van der Waals surface area contributed by atoms with Crippen LogP contribution in [0, 0.1) is 20.8 Å². The fourth-order valence-corrected chi connectivity index (χ4v) is 2.97. The van der Waals surface area contributed by atoms with E-state index in [0.29, 0.717) is 12.3 Å². The molecule has 0 heterocycles. The van der Waals surface area contributed by atoms with Crippen LogP contribution in [0.15, 0.2) is 42.5 Å². The molecule has 2 amide bonds. The zero-order valence-electron chi connectivity index (χ0n) is 19.0. The summed E-state index contributed by atoms with van der Waals surface area (Å²) < 4.78 is 5.75. The summed E-state index contributed by atoms with van der Waals surface area (Å²) in [6.07, 6.45) is 0.834. The number of amides is 2. The average Bonchev–Trinajstić information content (AvgIpc) is 2.73. The second-order valence-corrected chi connectivity index (χ2v) is 8.04. The molecule has 5 heteroatoms. The molecule has 0 bridgehead atoms. The third-order valence-electron chi connectivity index (χ3n) is 5.48. The first kappa shape index (κ1) is 23.5. The van der Waals surface area contributed by atoms with Gasteiger partial charge in [-0.25, -0.2) is 0 Å². The summed E-state index contributed by atoms with van der Waals surface area (Å²) >= 11 is 0. The zero-order chi connectivity index (χ0) is 22.3. The Bertz CT molecular complexity index is 861. The van der Waals surface area contributed by atoms with E-state index in [-0.39, 0.29) is 24.5 Å². The van der Waals surface area contributed by atoms with E-state index in [2.05, 4.69) is 5.32 Å². The van der Waals surface area contributed by atoms with Crippen LogP contribution in [0.5, 0.6) is 5.75 Å². The number of carbonyl (C=O) groups excluding carboxylic acids is 2. The van der Waals surface area contributed by atoms with Crippen molar-refractivity contribution in [3.8, 4) is 5.75 Å². The molecule has 162 valence electrons. The van der Waals surface area contributed by atoms with Crippen molar-refractivity contribution in [1.29, 1.82) is 0 Å². The molecule has 0 unspecified atom stereocenters. The SMILES string of the molecule is CC[C@H](C)NC(=O)[C@H](C)N(Cc1ccc(C)cc1)C(=O)COc1ccc(C)c(C)c1. The van der Waals surface area contributed by atoms with Crippen LogP contribution in [0.4, 0.5) is 0 Å². The highest BCUT2D eigenvalue weighted by Crippen LogP contribution is 2.17. The minimum atomic E-state index is -0.601. The lowest BCUT2D eigenvalue weighted by molar-refractivity contribution is -0.142. The van der Waals surface area contributed by atoms with Gasteiger partial charge < -0.3 is 15.0 Å². The second kappa shape index (κ2) is 10.8. The number of hydrogen-bond donors (Lipinski definition) is 1. The van der Waals surface area contributed by atoms with Gasteiger partial charge in [0.05, 0.1) is 0 Å². The van der Waals surface area contributed by atoms with Crippen LogP contribution in [-0.2, 0) is 16.1 Å². The molecule has 0 aromatic heterocycles. The molecule has 2 atom stereocenters. The molecular weight excluding hydrogens is 376 g/mol. The van der Waals surface area contributed by atoms with Crippen LogP contribution >= 0.6 is 0 Å². The van der Waals surface area contributed by atoms with Gasteiger partial charge in [0, 0.05) is 12.6 Å². The van der Waals surface area contributed by atoms with Crippen molar-refractivity contribution in [3.63, 3.8) is 0 Å².